The minimum absolute atomic E-state index is 0.0775. The molecule has 11 heteroatoms. The number of aliphatic hydroxyl groups excluding tert-OH is 3. The molecule has 8 saturated carbocycles. The molecule has 8 fully saturated rings. The molecule has 0 aromatic carbocycles. The van der Waals surface area contributed by atoms with Crippen molar-refractivity contribution < 1.29 is 37.9 Å². The third-order valence-electron chi connectivity index (χ3n) is 21.6. The monoisotopic (exact) mass is 873 g/mol. The standard InChI is InChI=1S/C50H84N2O8S/c1-29(7-13-43(56)51-23-24-61(58,59)60)35-9-11-37-45-39(17-21-49(35,37)5)47(3)19-15-33(25-31(47)27-41(45)54)52-44(57)14-8-30(2)36-10-12-38-46-40(18-22-50(36,38)6)48(4)20-16-34(53)26-32(48)28-42(46)55/h29-42,45-46,53-55H,7-28H2,1-6H3,(H,51,56)(H,52,57)(H,58,59,60)/t29-,30-,31+,32+,33-,34-,35-,36-,37+,38+,39+,40+,41+,42+,45+,46+,47+,48+,49-,50-/m1/s1. The van der Waals surface area contributed by atoms with Gasteiger partial charge in [0.1, 0.15) is 0 Å². The second-order valence-electron chi connectivity index (χ2n) is 24.2. The molecular formula is C50H84N2O8S. The fraction of sp³-hybridized carbons (Fsp3) is 0.960. The molecule has 10 nitrogen and oxygen atoms in total. The fourth-order valence-electron chi connectivity index (χ4n) is 18.3. The number of hydrogen-bond acceptors (Lipinski definition) is 7. The summed E-state index contributed by atoms with van der Waals surface area (Å²) < 4.78 is 31.1. The second kappa shape index (κ2) is 17.2. The van der Waals surface area contributed by atoms with E-state index in [0.29, 0.717) is 83.9 Å². The van der Waals surface area contributed by atoms with Crippen LogP contribution >= 0.6 is 0 Å². The van der Waals surface area contributed by atoms with Crippen molar-refractivity contribution in [3.05, 3.63) is 0 Å². The molecule has 20 atom stereocenters. The normalized spacial score (nSPS) is 48.9. The molecule has 0 heterocycles. The van der Waals surface area contributed by atoms with E-state index >= 15 is 0 Å². The average Bonchev–Trinajstić information content (AvgIpc) is 3.73. The van der Waals surface area contributed by atoms with E-state index in [0.717, 1.165) is 89.9 Å². The first-order valence-electron chi connectivity index (χ1n) is 25.2. The van der Waals surface area contributed by atoms with Gasteiger partial charge in [0.15, 0.2) is 0 Å². The van der Waals surface area contributed by atoms with Crippen molar-refractivity contribution in [3.63, 3.8) is 0 Å². The van der Waals surface area contributed by atoms with Gasteiger partial charge in [-0.15, -0.1) is 0 Å². The van der Waals surface area contributed by atoms with Crippen LogP contribution in [0, 0.1) is 92.7 Å². The summed E-state index contributed by atoms with van der Waals surface area (Å²) in [5.41, 5.74) is 0.750. The van der Waals surface area contributed by atoms with Crippen molar-refractivity contribution in [2.24, 2.45) is 92.7 Å². The number of hydrogen-bond donors (Lipinski definition) is 6. The van der Waals surface area contributed by atoms with E-state index in [1.165, 1.54) is 25.7 Å². The van der Waals surface area contributed by atoms with Crippen molar-refractivity contribution in [2.45, 2.75) is 194 Å². The maximum atomic E-state index is 13.7. The summed E-state index contributed by atoms with van der Waals surface area (Å²) in [6.45, 7) is 14.6. The van der Waals surface area contributed by atoms with Crippen LogP contribution in [0.5, 0.6) is 0 Å². The highest BCUT2D eigenvalue weighted by atomic mass is 32.2. The highest BCUT2D eigenvalue weighted by Gasteiger charge is 2.64. The van der Waals surface area contributed by atoms with E-state index in [1.54, 1.807) is 0 Å². The number of aliphatic hydroxyl groups is 3. The zero-order valence-electron chi connectivity index (χ0n) is 38.6. The smallest absolute Gasteiger partial charge is 0.266 e. The number of amides is 2. The maximum Gasteiger partial charge on any atom is 0.266 e. The van der Waals surface area contributed by atoms with Crippen LogP contribution in [-0.2, 0) is 19.7 Å². The Kier molecular flexibility index (Phi) is 13.0. The lowest BCUT2D eigenvalue weighted by molar-refractivity contribution is -0.174. The topological polar surface area (TPSA) is 173 Å². The lowest BCUT2D eigenvalue weighted by Gasteiger charge is -2.62. The molecule has 8 aliphatic rings. The summed E-state index contributed by atoms with van der Waals surface area (Å²) in [6, 6.07) is 0.169. The predicted molar refractivity (Wildman–Crippen MR) is 237 cm³/mol. The van der Waals surface area contributed by atoms with Gasteiger partial charge in [-0.2, -0.15) is 8.42 Å². The molecular weight excluding hydrogens is 789 g/mol. The van der Waals surface area contributed by atoms with Crippen molar-refractivity contribution in [3.8, 4) is 0 Å². The number of carbonyl (C=O) groups is 2. The van der Waals surface area contributed by atoms with Gasteiger partial charge in [0.2, 0.25) is 11.8 Å². The van der Waals surface area contributed by atoms with Gasteiger partial charge < -0.3 is 26.0 Å². The van der Waals surface area contributed by atoms with Gasteiger partial charge in [0, 0.05) is 25.4 Å². The van der Waals surface area contributed by atoms with E-state index in [-0.39, 0.29) is 64.4 Å². The highest BCUT2D eigenvalue weighted by molar-refractivity contribution is 7.85. The maximum absolute atomic E-state index is 13.7. The van der Waals surface area contributed by atoms with Crippen LogP contribution in [0.4, 0.5) is 0 Å². The summed E-state index contributed by atoms with van der Waals surface area (Å²) in [7, 11) is -4.10. The Hall–Kier alpha value is -1.27. The van der Waals surface area contributed by atoms with Gasteiger partial charge in [0.05, 0.1) is 24.1 Å². The Labute approximate surface area is 368 Å². The second-order valence-corrected chi connectivity index (χ2v) is 25.8. The fourth-order valence-corrected chi connectivity index (χ4v) is 18.7. The van der Waals surface area contributed by atoms with Crippen molar-refractivity contribution in [1.29, 1.82) is 0 Å². The minimum Gasteiger partial charge on any atom is -0.393 e. The summed E-state index contributed by atoms with van der Waals surface area (Å²) in [6.07, 6.45) is 18.7. The molecule has 8 aliphatic carbocycles. The molecule has 0 saturated heterocycles. The van der Waals surface area contributed by atoms with Gasteiger partial charge in [0.25, 0.3) is 10.1 Å². The molecule has 6 N–H and O–H groups in total. The van der Waals surface area contributed by atoms with Crippen LogP contribution in [0.15, 0.2) is 0 Å². The van der Waals surface area contributed by atoms with Crippen LogP contribution in [-0.4, -0.2) is 76.8 Å². The van der Waals surface area contributed by atoms with E-state index in [4.69, 9.17) is 4.55 Å². The molecule has 0 aromatic rings. The Bertz CT molecular complexity index is 1730. The first-order valence-corrected chi connectivity index (χ1v) is 26.8. The number of fused-ring (bicyclic) bond motifs is 10. The van der Waals surface area contributed by atoms with Crippen LogP contribution in [0.1, 0.15) is 170 Å². The first kappa shape index (κ1) is 46.3. The summed E-state index contributed by atoms with van der Waals surface area (Å²) in [4.78, 5) is 26.2. The van der Waals surface area contributed by atoms with Crippen LogP contribution in [0.25, 0.3) is 0 Å². The molecule has 0 unspecified atom stereocenters. The van der Waals surface area contributed by atoms with Crippen molar-refractivity contribution >= 4 is 21.9 Å². The van der Waals surface area contributed by atoms with Crippen LogP contribution in [0.3, 0.4) is 0 Å². The van der Waals surface area contributed by atoms with Gasteiger partial charge in [-0.1, -0.05) is 41.5 Å². The van der Waals surface area contributed by atoms with Crippen molar-refractivity contribution in [1.82, 2.24) is 10.6 Å². The quantitative estimate of drug-likeness (QED) is 0.107. The van der Waals surface area contributed by atoms with E-state index in [2.05, 4.69) is 52.2 Å². The molecule has 0 aromatic heterocycles. The molecule has 0 radical (unpaired) electrons. The van der Waals surface area contributed by atoms with Crippen molar-refractivity contribution in [2.75, 3.05) is 12.3 Å². The molecule has 61 heavy (non-hydrogen) atoms. The van der Waals surface area contributed by atoms with E-state index < -0.39 is 15.9 Å². The Morgan fingerprint density at radius 3 is 1.59 bits per heavy atom. The Morgan fingerprint density at radius 1 is 0.607 bits per heavy atom. The number of carbonyl (C=O) groups excluding carboxylic acids is 2. The molecule has 0 bridgehead atoms. The summed E-state index contributed by atoms with van der Waals surface area (Å²) >= 11 is 0. The lowest BCUT2D eigenvalue weighted by atomic mass is 9.43. The molecule has 348 valence electrons. The molecule has 8 rings (SSSR count). The van der Waals surface area contributed by atoms with Gasteiger partial charge in [-0.05, 0) is 208 Å². The largest absolute Gasteiger partial charge is 0.393 e. The summed E-state index contributed by atoms with van der Waals surface area (Å²) in [5, 5.41) is 40.3. The average molecular weight is 873 g/mol. The Morgan fingerprint density at radius 2 is 1.07 bits per heavy atom. The first-order chi connectivity index (χ1) is 28.7. The number of nitrogens with one attached hydrogen (secondary N) is 2. The predicted octanol–water partition coefficient (Wildman–Crippen LogP) is 7.93. The lowest BCUT2D eigenvalue weighted by Crippen LogP contribution is -2.59. The van der Waals surface area contributed by atoms with Gasteiger partial charge in [-0.25, -0.2) is 0 Å². The minimum atomic E-state index is -4.10. The van der Waals surface area contributed by atoms with Gasteiger partial charge in [-0.3, -0.25) is 14.1 Å². The van der Waals surface area contributed by atoms with Crippen LogP contribution < -0.4 is 10.6 Å². The summed E-state index contributed by atoms with van der Waals surface area (Å²) in [5.74, 6) is 4.98. The van der Waals surface area contributed by atoms with E-state index in [1.807, 2.05) is 0 Å². The highest BCUT2D eigenvalue weighted by Crippen LogP contribution is 2.70. The third-order valence-corrected chi connectivity index (χ3v) is 22.3. The molecule has 0 spiro atoms. The molecule has 0 aliphatic heterocycles. The van der Waals surface area contributed by atoms with Crippen LogP contribution in [0.2, 0.25) is 0 Å². The Balaban J connectivity index is 0.817. The zero-order chi connectivity index (χ0) is 43.9. The SMILES string of the molecule is C[C@H](CCC(=O)N[C@@H]1CC[C@@]2(C)[C@@H](C1)C[C@H](O)[C@@H]1[C@@H]2CC[C@]2(C)[C@@H]([C@H](C)CCC(=O)NCCS(=O)(=O)O)CC[C@@H]12)[C@H]1CC[C@H]2[C@@H]3[C@@H](O)C[C@@H]4C[C@H](O)CC[C@]4(C)[C@H]3CC[C@]12C. The van der Waals surface area contributed by atoms with E-state index in [9.17, 15) is 33.3 Å². The molecule has 2 amide bonds. The number of rotatable bonds is 12. The van der Waals surface area contributed by atoms with Gasteiger partial charge >= 0.3 is 0 Å². The zero-order valence-corrected chi connectivity index (χ0v) is 39.4. The third kappa shape index (κ3) is 8.43.